The van der Waals surface area contributed by atoms with Crippen molar-refractivity contribution in [2.45, 2.75) is 25.8 Å². The number of quaternary nitrogens is 1. The first-order valence-corrected chi connectivity index (χ1v) is 10.0. The molecule has 26 heavy (non-hydrogen) atoms. The summed E-state index contributed by atoms with van der Waals surface area (Å²) in [7, 11) is 2.07. The lowest BCUT2D eigenvalue weighted by Crippen LogP contribution is -3.08. The Morgan fingerprint density at radius 1 is 1.23 bits per heavy atom. The van der Waals surface area contributed by atoms with E-state index in [9.17, 15) is 9.18 Å². The smallest absolute Gasteiger partial charge is 0.278 e. The van der Waals surface area contributed by atoms with Gasteiger partial charge in [0.05, 0.1) is 7.05 Å². The van der Waals surface area contributed by atoms with Crippen LogP contribution < -0.4 is 4.90 Å². The third kappa shape index (κ3) is 4.46. The van der Waals surface area contributed by atoms with Crippen LogP contribution in [0.1, 0.15) is 27.6 Å². The third-order valence-corrected chi connectivity index (χ3v) is 6.08. The molecule has 2 aromatic rings. The molecule has 0 spiro atoms. The zero-order valence-electron chi connectivity index (χ0n) is 15.6. The fourth-order valence-electron chi connectivity index (χ4n) is 3.37. The highest BCUT2D eigenvalue weighted by atomic mass is 32.2. The molecule has 0 aromatic heterocycles. The van der Waals surface area contributed by atoms with Crippen molar-refractivity contribution in [3.63, 3.8) is 0 Å². The van der Waals surface area contributed by atoms with Crippen molar-refractivity contribution in [1.29, 1.82) is 0 Å². The minimum atomic E-state index is -0.243. The second kappa shape index (κ2) is 8.23. The molecule has 1 fully saturated rings. The molecule has 0 radical (unpaired) electrons. The Kier molecular flexibility index (Phi) is 5.99. The molecule has 2 atom stereocenters. The molecular formula is C21H26FN2OS+. The summed E-state index contributed by atoms with van der Waals surface area (Å²) in [6.07, 6.45) is 0. The lowest BCUT2D eigenvalue weighted by Gasteiger charge is -2.25. The van der Waals surface area contributed by atoms with Crippen LogP contribution in [0, 0.1) is 19.7 Å². The minimum absolute atomic E-state index is 0.00314. The Morgan fingerprint density at radius 3 is 2.69 bits per heavy atom. The van der Waals surface area contributed by atoms with E-state index in [2.05, 4.69) is 39.1 Å². The number of carbonyl (C=O) groups excluding carboxylic acids is 1. The number of carbonyl (C=O) groups is 1. The first-order chi connectivity index (χ1) is 12.4. The fourth-order valence-corrected chi connectivity index (χ4v) is 4.64. The molecule has 1 N–H and O–H groups in total. The Bertz CT molecular complexity index is 778. The number of amides is 1. The van der Waals surface area contributed by atoms with Crippen LogP contribution in [0.3, 0.4) is 0 Å². The van der Waals surface area contributed by atoms with Gasteiger partial charge in [-0.15, -0.1) is 11.8 Å². The number of nitrogens with zero attached hydrogens (tertiary/aromatic N) is 1. The van der Waals surface area contributed by atoms with E-state index in [0.29, 0.717) is 6.54 Å². The maximum atomic E-state index is 13.2. The summed E-state index contributed by atoms with van der Waals surface area (Å²) in [5, 5.41) is -0.00314. The van der Waals surface area contributed by atoms with Crippen LogP contribution in [0.5, 0.6) is 0 Å². The van der Waals surface area contributed by atoms with Gasteiger partial charge in [-0.3, -0.25) is 4.79 Å². The zero-order chi connectivity index (χ0) is 18.7. The number of thioether (sulfide) groups is 1. The van der Waals surface area contributed by atoms with E-state index in [1.807, 2.05) is 4.90 Å². The normalized spacial score (nSPS) is 18.2. The van der Waals surface area contributed by atoms with Crippen LogP contribution in [0.15, 0.2) is 42.5 Å². The maximum Gasteiger partial charge on any atom is 0.278 e. The fraction of sp³-hybridized carbons (Fsp3) is 0.381. The topological polar surface area (TPSA) is 24.8 Å². The molecule has 1 heterocycles. The molecule has 0 saturated carbocycles. The second-order valence-electron chi connectivity index (χ2n) is 7.10. The molecule has 2 aromatic carbocycles. The molecular weight excluding hydrogens is 347 g/mol. The molecule has 0 aliphatic carbocycles. The van der Waals surface area contributed by atoms with Gasteiger partial charge in [0.2, 0.25) is 0 Å². The Labute approximate surface area is 159 Å². The highest BCUT2D eigenvalue weighted by Crippen LogP contribution is 2.37. The molecule has 1 aliphatic heterocycles. The predicted molar refractivity (Wildman–Crippen MR) is 105 cm³/mol. The SMILES string of the molecule is Cc1ccc(C)c(C[NH+](C)CC(=O)N2CCS[C@@H]2c2ccc(F)cc2)c1. The van der Waals surface area contributed by atoms with Crippen molar-refractivity contribution in [3.05, 3.63) is 70.5 Å². The van der Waals surface area contributed by atoms with Gasteiger partial charge in [-0.25, -0.2) is 4.39 Å². The lowest BCUT2D eigenvalue weighted by molar-refractivity contribution is -0.885. The van der Waals surface area contributed by atoms with E-state index in [4.69, 9.17) is 0 Å². The summed E-state index contributed by atoms with van der Waals surface area (Å²) in [5.41, 5.74) is 4.80. The number of benzene rings is 2. The van der Waals surface area contributed by atoms with Gasteiger partial charge in [0, 0.05) is 17.9 Å². The summed E-state index contributed by atoms with van der Waals surface area (Å²) in [4.78, 5) is 16.0. The first-order valence-electron chi connectivity index (χ1n) is 8.98. The Hall–Kier alpha value is -1.85. The van der Waals surface area contributed by atoms with Crippen LogP contribution in [0.25, 0.3) is 0 Å². The Morgan fingerprint density at radius 2 is 1.96 bits per heavy atom. The van der Waals surface area contributed by atoms with Gasteiger partial charge in [-0.05, 0) is 37.1 Å². The molecule has 1 saturated heterocycles. The van der Waals surface area contributed by atoms with Gasteiger partial charge in [-0.1, -0.05) is 35.9 Å². The summed E-state index contributed by atoms with van der Waals surface area (Å²) in [6, 6.07) is 13.0. The number of hydrogen-bond acceptors (Lipinski definition) is 2. The number of halogens is 1. The highest BCUT2D eigenvalue weighted by Gasteiger charge is 2.32. The van der Waals surface area contributed by atoms with Gasteiger partial charge >= 0.3 is 0 Å². The maximum absolute atomic E-state index is 13.2. The molecule has 1 aliphatic rings. The molecule has 138 valence electrons. The number of nitrogens with one attached hydrogen (secondary N) is 1. The monoisotopic (exact) mass is 373 g/mol. The third-order valence-electron chi connectivity index (χ3n) is 4.82. The van der Waals surface area contributed by atoms with E-state index < -0.39 is 0 Å². The minimum Gasteiger partial charge on any atom is -0.326 e. The zero-order valence-corrected chi connectivity index (χ0v) is 16.4. The van der Waals surface area contributed by atoms with Crippen LogP contribution in [0.2, 0.25) is 0 Å². The van der Waals surface area contributed by atoms with Gasteiger partial charge in [0.25, 0.3) is 5.91 Å². The van der Waals surface area contributed by atoms with Crippen LogP contribution in [0.4, 0.5) is 4.39 Å². The number of likely N-dealkylation sites (N-methyl/N-ethyl adjacent to an activating group) is 1. The molecule has 3 nitrogen and oxygen atoms in total. The lowest BCUT2D eigenvalue weighted by atomic mass is 10.1. The number of rotatable bonds is 5. The van der Waals surface area contributed by atoms with E-state index in [1.54, 1.807) is 23.9 Å². The van der Waals surface area contributed by atoms with E-state index in [-0.39, 0.29) is 17.1 Å². The highest BCUT2D eigenvalue weighted by molar-refractivity contribution is 7.99. The Balaban J connectivity index is 1.64. The molecule has 3 rings (SSSR count). The second-order valence-corrected chi connectivity index (χ2v) is 8.29. The van der Waals surface area contributed by atoms with E-state index >= 15 is 0 Å². The molecule has 0 bridgehead atoms. The molecule has 1 amide bonds. The van der Waals surface area contributed by atoms with Gasteiger partial charge in [0.15, 0.2) is 6.54 Å². The van der Waals surface area contributed by atoms with Crippen LogP contribution in [-0.2, 0) is 11.3 Å². The van der Waals surface area contributed by atoms with E-state index in [1.165, 1.54) is 33.7 Å². The average Bonchev–Trinajstić information content (AvgIpc) is 3.08. The van der Waals surface area contributed by atoms with Crippen molar-refractivity contribution in [2.75, 3.05) is 25.9 Å². The quantitative estimate of drug-likeness (QED) is 0.872. The van der Waals surface area contributed by atoms with Crippen molar-refractivity contribution in [1.82, 2.24) is 4.90 Å². The van der Waals surface area contributed by atoms with E-state index in [0.717, 1.165) is 24.4 Å². The van der Waals surface area contributed by atoms with Gasteiger partial charge in [-0.2, -0.15) is 0 Å². The van der Waals surface area contributed by atoms with Crippen molar-refractivity contribution >= 4 is 17.7 Å². The van der Waals surface area contributed by atoms with Crippen molar-refractivity contribution < 1.29 is 14.1 Å². The summed E-state index contributed by atoms with van der Waals surface area (Å²) in [5.74, 6) is 0.837. The van der Waals surface area contributed by atoms with Crippen LogP contribution in [-0.4, -0.2) is 36.7 Å². The first kappa shape index (κ1) is 18.9. The number of hydrogen-bond donors (Lipinski definition) is 1. The summed E-state index contributed by atoms with van der Waals surface area (Å²) in [6.45, 7) is 6.26. The molecule has 5 heteroatoms. The van der Waals surface area contributed by atoms with Crippen LogP contribution >= 0.6 is 11.8 Å². The van der Waals surface area contributed by atoms with Gasteiger partial charge < -0.3 is 9.80 Å². The average molecular weight is 374 g/mol. The number of aryl methyl sites for hydroxylation is 2. The predicted octanol–water partition coefficient (Wildman–Crippen LogP) is 2.73. The summed E-state index contributed by atoms with van der Waals surface area (Å²) < 4.78 is 13.2. The summed E-state index contributed by atoms with van der Waals surface area (Å²) >= 11 is 1.75. The van der Waals surface area contributed by atoms with Crippen molar-refractivity contribution in [3.8, 4) is 0 Å². The van der Waals surface area contributed by atoms with Crippen molar-refractivity contribution in [2.24, 2.45) is 0 Å². The standard InChI is InChI=1S/C21H25FN2OS/c1-15-4-5-16(2)18(12-15)13-23(3)14-20(25)24-10-11-26-21(24)17-6-8-19(22)9-7-17/h4-9,12,21H,10-11,13-14H2,1-3H3/p+1/t21-/m1/s1. The van der Waals surface area contributed by atoms with Gasteiger partial charge in [0.1, 0.15) is 17.7 Å². The molecule has 1 unspecified atom stereocenters. The largest absolute Gasteiger partial charge is 0.326 e.